The van der Waals surface area contributed by atoms with Crippen LogP contribution >= 0.6 is 0 Å². The summed E-state index contributed by atoms with van der Waals surface area (Å²) in [6.07, 6.45) is 2.29. The first-order chi connectivity index (χ1) is 9.13. The molecule has 1 rings (SSSR count). The number of nitrogens with one attached hydrogen (secondary N) is 2. The number of ether oxygens (including phenoxy) is 1. The molecule has 0 spiro atoms. The Labute approximate surface area is 115 Å². The highest BCUT2D eigenvalue weighted by atomic mass is 16.5. The molecule has 3 unspecified atom stereocenters. The molecule has 110 valence electrons. The predicted molar refractivity (Wildman–Crippen MR) is 77.2 cm³/mol. The van der Waals surface area contributed by atoms with Crippen molar-refractivity contribution in [3.63, 3.8) is 0 Å². The summed E-state index contributed by atoms with van der Waals surface area (Å²) in [5.74, 6) is 0. The minimum Gasteiger partial charge on any atom is -0.376 e. The zero-order valence-corrected chi connectivity index (χ0v) is 12.3. The fourth-order valence-electron chi connectivity index (χ4n) is 2.15. The molecule has 0 aromatic carbocycles. The lowest BCUT2D eigenvalue weighted by atomic mass is 10.0. The van der Waals surface area contributed by atoms with Crippen LogP contribution in [0.15, 0.2) is 10.2 Å². The molecule has 0 bridgehead atoms. The summed E-state index contributed by atoms with van der Waals surface area (Å²) in [7, 11) is 0. The second-order valence-electron chi connectivity index (χ2n) is 4.65. The highest BCUT2D eigenvalue weighted by Gasteiger charge is 2.23. The summed E-state index contributed by atoms with van der Waals surface area (Å²) in [4.78, 5) is 0. The maximum Gasteiger partial charge on any atom is 0.186 e. The van der Waals surface area contributed by atoms with Crippen LogP contribution in [0.5, 0.6) is 0 Å². The Morgan fingerprint density at radius 3 is 2.68 bits per heavy atom. The molecule has 0 aromatic rings. The van der Waals surface area contributed by atoms with Crippen LogP contribution in [0.2, 0.25) is 0 Å². The monoisotopic (exact) mass is 270 g/mol. The molecule has 6 heteroatoms. The minimum atomic E-state index is -0.818. The number of aliphatic hydroxyl groups excluding tert-OH is 1. The summed E-state index contributed by atoms with van der Waals surface area (Å²) in [5.41, 5.74) is 6.98. The predicted octanol–water partition coefficient (Wildman–Crippen LogP) is 1.21. The van der Waals surface area contributed by atoms with Gasteiger partial charge in [0.2, 0.25) is 0 Å². The van der Waals surface area contributed by atoms with Crippen LogP contribution in [0.3, 0.4) is 0 Å². The lowest BCUT2D eigenvalue weighted by molar-refractivity contribution is 0.0296. The van der Waals surface area contributed by atoms with Gasteiger partial charge in [-0.15, -0.1) is 0 Å². The van der Waals surface area contributed by atoms with Gasteiger partial charge in [0, 0.05) is 6.61 Å². The zero-order chi connectivity index (χ0) is 14.3. The van der Waals surface area contributed by atoms with Gasteiger partial charge in [-0.1, -0.05) is 20.3 Å². The van der Waals surface area contributed by atoms with Gasteiger partial charge in [0.15, 0.2) is 6.23 Å². The summed E-state index contributed by atoms with van der Waals surface area (Å²) in [6, 6.07) is 0.156. The van der Waals surface area contributed by atoms with E-state index in [9.17, 15) is 5.11 Å². The Morgan fingerprint density at radius 1 is 1.47 bits per heavy atom. The highest BCUT2D eigenvalue weighted by Crippen LogP contribution is 2.11. The second-order valence-corrected chi connectivity index (χ2v) is 4.65. The van der Waals surface area contributed by atoms with E-state index in [1.807, 2.05) is 13.8 Å². The van der Waals surface area contributed by atoms with Crippen LogP contribution in [-0.4, -0.2) is 41.5 Å². The third kappa shape index (κ3) is 4.47. The average Bonchev–Trinajstić information content (AvgIpc) is 2.72. The lowest BCUT2D eigenvalue weighted by Gasteiger charge is -2.25. The molecule has 0 saturated heterocycles. The standard InChI is InChI=1S/C13H26N4O2/c1-5-8-10(11(6-2)19-7-3)15-16-12-9(4)14-17-13(12)18/h10-11,13,15,17-18H,5-8H2,1-4H3/b16-12+. The molecule has 0 saturated carbocycles. The molecule has 1 aliphatic heterocycles. The summed E-state index contributed by atoms with van der Waals surface area (Å²) < 4.78 is 5.73. The Bertz CT molecular complexity index is 331. The number of rotatable bonds is 8. The largest absolute Gasteiger partial charge is 0.376 e. The SMILES string of the molecule is CCCC(N/N=C1\C(C)=NNC1O)C(CC)OCC. The van der Waals surface area contributed by atoms with Crippen molar-refractivity contribution in [1.29, 1.82) is 0 Å². The molecular formula is C13H26N4O2. The first-order valence-electron chi connectivity index (χ1n) is 7.06. The van der Waals surface area contributed by atoms with Crippen molar-refractivity contribution in [1.82, 2.24) is 10.9 Å². The fourth-order valence-corrected chi connectivity index (χ4v) is 2.15. The third-order valence-electron chi connectivity index (χ3n) is 3.17. The molecule has 3 N–H and O–H groups in total. The molecular weight excluding hydrogens is 244 g/mol. The van der Waals surface area contributed by atoms with Crippen molar-refractivity contribution in [2.75, 3.05) is 6.61 Å². The summed E-state index contributed by atoms with van der Waals surface area (Å²) in [6.45, 7) is 8.76. The number of aliphatic hydroxyl groups is 1. The van der Waals surface area contributed by atoms with Crippen molar-refractivity contribution < 1.29 is 9.84 Å². The molecule has 6 nitrogen and oxygen atoms in total. The Kier molecular flexibility index (Phi) is 6.80. The Hall–Kier alpha value is -1.14. The molecule has 19 heavy (non-hydrogen) atoms. The number of hydrogen-bond acceptors (Lipinski definition) is 6. The summed E-state index contributed by atoms with van der Waals surface area (Å²) in [5, 5.41) is 17.9. The van der Waals surface area contributed by atoms with Crippen LogP contribution in [0.25, 0.3) is 0 Å². The molecule has 0 amide bonds. The van der Waals surface area contributed by atoms with Crippen molar-refractivity contribution in [3.8, 4) is 0 Å². The maximum atomic E-state index is 9.67. The molecule has 3 atom stereocenters. The molecule has 0 fully saturated rings. The van der Waals surface area contributed by atoms with Gasteiger partial charge >= 0.3 is 0 Å². The maximum absolute atomic E-state index is 9.67. The van der Waals surface area contributed by atoms with E-state index in [1.54, 1.807) is 0 Å². The van der Waals surface area contributed by atoms with Crippen molar-refractivity contribution >= 4 is 11.4 Å². The van der Waals surface area contributed by atoms with Gasteiger partial charge in [-0.25, -0.2) is 0 Å². The molecule has 0 aliphatic carbocycles. The molecule has 1 aliphatic rings. The van der Waals surface area contributed by atoms with Crippen LogP contribution in [0.4, 0.5) is 0 Å². The number of hydrogen-bond donors (Lipinski definition) is 3. The van der Waals surface area contributed by atoms with Gasteiger partial charge in [0.1, 0.15) is 5.71 Å². The topological polar surface area (TPSA) is 78.2 Å². The highest BCUT2D eigenvalue weighted by molar-refractivity contribution is 6.44. The molecule has 0 radical (unpaired) electrons. The third-order valence-corrected chi connectivity index (χ3v) is 3.17. The van der Waals surface area contributed by atoms with E-state index in [0.717, 1.165) is 19.3 Å². The minimum absolute atomic E-state index is 0.137. The zero-order valence-electron chi connectivity index (χ0n) is 12.3. The normalized spacial score (nSPS) is 23.9. The van der Waals surface area contributed by atoms with Gasteiger partial charge in [-0.2, -0.15) is 10.2 Å². The quantitative estimate of drug-likeness (QED) is 0.579. The van der Waals surface area contributed by atoms with Gasteiger partial charge in [0.25, 0.3) is 0 Å². The van der Waals surface area contributed by atoms with E-state index in [4.69, 9.17) is 4.74 Å². The van der Waals surface area contributed by atoms with E-state index in [2.05, 4.69) is 34.9 Å². The second kappa shape index (κ2) is 8.12. The first-order valence-corrected chi connectivity index (χ1v) is 7.06. The van der Waals surface area contributed by atoms with Gasteiger partial charge in [-0.3, -0.25) is 5.43 Å². The van der Waals surface area contributed by atoms with E-state index in [0.29, 0.717) is 18.0 Å². The van der Waals surface area contributed by atoms with E-state index in [1.165, 1.54) is 0 Å². The smallest absolute Gasteiger partial charge is 0.186 e. The van der Waals surface area contributed by atoms with Crippen molar-refractivity contribution in [2.24, 2.45) is 10.2 Å². The van der Waals surface area contributed by atoms with Crippen LogP contribution < -0.4 is 10.9 Å². The fraction of sp³-hybridized carbons (Fsp3) is 0.846. The Morgan fingerprint density at radius 2 is 2.21 bits per heavy atom. The number of hydrazone groups is 2. The lowest BCUT2D eigenvalue weighted by Crippen LogP contribution is -2.40. The van der Waals surface area contributed by atoms with Gasteiger partial charge < -0.3 is 15.3 Å². The Balaban J connectivity index is 2.67. The van der Waals surface area contributed by atoms with Crippen molar-refractivity contribution in [3.05, 3.63) is 0 Å². The van der Waals surface area contributed by atoms with Crippen molar-refractivity contribution in [2.45, 2.75) is 65.3 Å². The van der Waals surface area contributed by atoms with Crippen LogP contribution in [0, 0.1) is 0 Å². The van der Waals surface area contributed by atoms with E-state index >= 15 is 0 Å². The number of nitrogens with zero attached hydrogens (tertiary/aromatic N) is 2. The van der Waals surface area contributed by atoms with Gasteiger partial charge in [-0.05, 0) is 26.7 Å². The average molecular weight is 270 g/mol. The summed E-state index contributed by atoms with van der Waals surface area (Å²) >= 11 is 0. The van der Waals surface area contributed by atoms with E-state index < -0.39 is 6.23 Å². The first kappa shape index (κ1) is 15.9. The van der Waals surface area contributed by atoms with E-state index in [-0.39, 0.29) is 12.1 Å². The molecule has 0 aromatic heterocycles. The van der Waals surface area contributed by atoms with Crippen LogP contribution in [0.1, 0.15) is 47.0 Å². The molecule has 1 heterocycles. The van der Waals surface area contributed by atoms with Gasteiger partial charge in [0.05, 0.1) is 17.9 Å². The van der Waals surface area contributed by atoms with Crippen LogP contribution in [-0.2, 0) is 4.74 Å².